The average molecular weight is 303 g/mol. The second-order valence-corrected chi connectivity index (χ2v) is 6.28. The fourth-order valence-corrected chi connectivity index (χ4v) is 3.34. The van der Waals surface area contributed by atoms with Gasteiger partial charge in [0.05, 0.1) is 6.07 Å². The number of nitriles is 1. The van der Waals surface area contributed by atoms with Crippen LogP contribution in [-0.4, -0.2) is 0 Å². The molecular weight excluding hydrogens is 280 g/mol. The summed E-state index contributed by atoms with van der Waals surface area (Å²) in [6.07, 6.45) is 12.6. The molecular formula is C19H23F2N. The molecule has 118 valence electrons. The van der Waals surface area contributed by atoms with Crippen molar-refractivity contribution in [3.8, 4) is 6.07 Å². The zero-order chi connectivity index (χ0) is 15.8. The van der Waals surface area contributed by atoms with Gasteiger partial charge in [-0.25, -0.2) is 8.78 Å². The van der Waals surface area contributed by atoms with E-state index in [-0.39, 0.29) is 0 Å². The van der Waals surface area contributed by atoms with Gasteiger partial charge in [0.1, 0.15) is 0 Å². The SMILES string of the molecule is N#C/C=C/CCC1CCC(CCc2ccc(F)c(F)c2)CC1. The lowest BCUT2D eigenvalue weighted by molar-refractivity contribution is 0.254. The maximum Gasteiger partial charge on any atom is 0.159 e. The second-order valence-electron chi connectivity index (χ2n) is 6.28. The van der Waals surface area contributed by atoms with E-state index >= 15 is 0 Å². The molecule has 1 aromatic carbocycles. The van der Waals surface area contributed by atoms with Crippen molar-refractivity contribution in [3.63, 3.8) is 0 Å². The largest absolute Gasteiger partial charge is 0.204 e. The van der Waals surface area contributed by atoms with E-state index in [0.717, 1.165) is 30.7 Å². The number of rotatable bonds is 6. The maximum absolute atomic E-state index is 13.2. The third-order valence-corrected chi connectivity index (χ3v) is 4.73. The minimum absolute atomic E-state index is 0.707. The highest BCUT2D eigenvalue weighted by molar-refractivity contribution is 5.17. The Morgan fingerprint density at radius 1 is 1.05 bits per heavy atom. The average Bonchev–Trinajstić information content (AvgIpc) is 2.54. The van der Waals surface area contributed by atoms with Crippen LogP contribution in [0.1, 0.15) is 50.5 Å². The van der Waals surface area contributed by atoms with Crippen molar-refractivity contribution in [2.75, 3.05) is 0 Å². The molecule has 0 unspecified atom stereocenters. The van der Waals surface area contributed by atoms with Crippen LogP contribution in [0.3, 0.4) is 0 Å². The van der Waals surface area contributed by atoms with Gasteiger partial charge in [-0.15, -0.1) is 0 Å². The monoisotopic (exact) mass is 303 g/mol. The Morgan fingerprint density at radius 2 is 1.73 bits per heavy atom. The van der Waals surface area contributed by atoms with E-state index in [9.17, 15) is 8.78 Å². The van der Waals surface area contributed by atoms with Gasteiger partial charge in [-0.05, 0) is 55.2 Å². The van der Waals surface area contributed by atoms with Crippen molar-refractivity contribution >= 4 is 0 Å². The summed E-state index contributed by atoms with van der Waals surface area (Å²) in [5.41, 5.74) is 0.891. The van der Waals surface area contributed by atoms with Gasteiger partial charge in [-0.2, -0.15) is 5.26 Å². The van der Waals surface area contributed by atoms with Crippen LogP contribution < -0.4 is 0 Å². The van der Waals surface area contributed by atoms with Crippen molar-refractivity contribution in [2.24, 2.45) is 11.8 Å². The third-order valence-electron chi connectivity index (χ3n) is 4.73. The van der Waals surface area contributed by atoms with Gasteiger partial charge in [0.2, 0.25) is 0 Å². The number of nitrogens with zero attached hydrogens (tertiary/aromatic N) is 1. The standard InChI is InChI=1S/C19H23F2N/c20-18-12-11-17(14-19(18)21)10-9-16-7-5-15(6-8-16)4-2-1-3-13-22/h1,3,11-12,14-16H,2,4-10H2/b3-1+. The van der Waals surface area contributed by atoms with E-state index in [1.165, 1.54) is 44.2 Å². The first-order valence-electron chi connectivity index (χ1n) is 8.17. The van der Waals surface area contributed by atoms with Crippen molar-refractivity contribution in [3.05, 3.63) is 47.5 Å². The third kappa shape index (κ3) is 5.26. The minimum Gasteiger partial charge on any atom is -0.204 e. The topological polar surface area (TPSA) is 23.8 Å². The van der Waals surface area contributed by atoms with Crippen LogP contribution in [0.25, 0.3) is 0 Å². The Labute approximate surface area is 131 Å². The lowest BCUT2D eigenvalue weighted by atomic mass is 9.78. The van der Waals surface area contributed by atoms with E-state index in [2.05, 4.69) is 0 Å². The molecule has 1 aliphatic carbocycles. The molecule has 0 bridgehead atoms. The van der Waals surface area contributed by atoms with E-state index in [1.54, 1.807) is 12.1 Å². The summed E-state index contributed by atoms with van der Waals surface area (Å²) in [6.45, 7) is 0. The number of benzene rings is 1. The van der Waals surface area contributed by atoms with Crippen LogP contribution in [0.5, 0.6) is 0 Å². The molecule has 0 spiro atoms. The molecule has 1 aliphatic rings. The van der Waals surface area contributed by atoms with Crippen molar-refractivity contribution in [1.82, 2.24) is 0 Å². The van der Waals surface area contributed by atoms with Gasteiger partial charge in [0.25, 0.3) is 0 Å². The predicted molar refractivity (Wildman–Crippen MR) is 84.1 cm³/mol. The first-order valence-corrected chi connectivity index (χ1v) is 8.17. The van der Waals surface area contributed by atoms with E-state index < -0.39 is 11.6 Å². The Bertz CT molecular complexity index is 537. The van der Waals surface area contributed by atoms with Crippen LogP contribution >= 0.6 is 0 Å². The van der Waals surface area contributed by atoms with Crippen molar-refractivity contribution in [2.45, 2.75) is 51.4 Å². The number of hydrogen-bond acceptors (Lipinski definition) is 1. The molecule has 1 fully saturated rings. The summed E-state index contributed by atoms with van der Waals surface area (Å²) < 4.78 is 26.1. The van der Waals surface area contributed by atoms with E-state index in [1.807, 2.05) is 12.1 Å². The minimum atomic E-state index is -0.769. The predicted octanol–water partition coefficient (Wildman–Crippen LogP) is 5.56. The van der Waals surface area contributed by atoms with Crippen molar-refractivity contribution < 1.29 is 8.78 Å². The smallest absolute Gasteiger partial charge is 0.159 e. The van der Waals surface area contributed by atoms with E-state index in [4.69, 9.17) is 5.26 Å². The van der Waals surface area contributed by atoms with Crippen LogP contribution in [0, 0.1) is 34.8 Å². The first kappa shape index (κ1) is 16.7. The molecule has 3 heteroatoms. The Morgan fingerprint density at radius 3 is 2.36 bits per heavy atom. The highest BCUT2D eigenvalue weighted by Gasteiger charge is 2.20. The highest BCUT2D eigenvalue weighted by atomic mass is 19.2. The molecule has 1 aromatic rings. The molecule has 0 atom stereocenters. The van der Waals surface area contributed by atoms with Crippen LogP contribution in [0.2, 0.25) is 0 Å². The number of aryl methyl sites for hydroxylation is 1. The molecule has 22 heavy (non-hydrogen) atoms. The molecule has 0 saturated heterocycles. The number of hydrogen-bond donors (Lipinski definition) is 0. The van der Waals surface area contributed by atoms with Crippen molar-refractivity contribution in [1.29, 1.82) is 5.26 Å². The first-order chi connectivity index (χ1) is 10.7. The maximum atomic E-state index is 13.2. The molecule has 1 saturated carbocycles. The van der Waals surface area contributed by atoms with Crippen LogP contribution in [-0.2, 0) is 6.42 Å². The van der Waals surface area contributed by atoms with Gasteiger partial charge in [-0.3, -0.25) is 0 Å². The molecule has 0 aromatic heterocycles. The highest BCUT2D eigenvalue weighted by Crippen LogP contribution is 2.34. The zero-order valence-electron chi connectivity index (χ0n) is 12.9. The van der Waals surface area contributed by atoms with Gasteiger partial charge in [0, 0.05) is 6.08 Å². The lowest BCUT2D eigenvalue weighted by Crippen LogP contribution is -2.15. The Balaban J connectivity index is 1.68. The number of allylic oxidation sites excluding steroid dienone is 2. The number of halogens is 2. The Kier molecular flexibility index (Phi) is 6.58. The van der Waals surface area contributed by atoms with E-state index in [0.29, 0.717) is 5.92 Å². The van der Waals surface area contributed by atoms with Gasteiger partial charge >= 0.3 is 0 Å². The zero-order valence-corrected chi connectivity index (χ0v) is 12.9. The van der Waals surface area contributed by atoms with Crippen LogP contribution in [0.4, 0.5) is 8.78 Å². The summed E-state index contributed by atoms with van der Waals surface area (Å²) in [6, 6.07) is 6.25. The lowest BCUT2D eigenvalue weighted by Gasteiger charge is -2.28. The molecule has 2 rings (SSSR count). The summed E-state index contributed by atoms with van der Waals surface area (Å²) in [7, 11) is 0. The molecule has 0 aliphatic heterocycles. The van der Waals surface area contributed by atoms with Gasteiger partial charge in [-0.1, -0.05) is 37.8 Å². The quantitative estimate of drug-likeness (QED) is 0.631. The summed E-state index contributed by atoms with van der Waals surface area (Å²) in [5, 5.41) is 8.44. The molecule has 0 heterocycles. The normalized spacial score (nSPS) is 21.9. The Hall–Kier alpha value is -1.69. The molecule has 0 amide bonds. The summed E-state index contributed by atoms with van der Waals surface area (Å²) >= 11 is 0. The fraction of sp³-hybridized carbons (Fsp3) is 0.526. The fourth-order valence-electron chi connectivity index (χ4n) is 3.34. The van der Waals surface area contributed by atoms with Gasteiger partial charge < -0.3 is 0 Å². The van der Waals surface area contributed by atoms with Crippen LogP contribution in [0.15, 0.2) is 30.4 Å². The van der Waals surface area contributed by atoms with Gasteiger partial charge in [0.15, 0.2) is 11.6 Å². The molecule has 0 radical (unpaired) electrons. The second kappa shape index (κ2) is 8.68. The summed E-state index contributed by atoms with van der Waals surface area (Å²) in [5.74, 6) is -0.0248. The molecule has 0 N–H and O–H groups in total. The summed E-state index contributed by atoms with van der Waals surface area (Å²) in [4.78, 5) is 0. The molecule has 1 nitrogen and oxygen atoms in total.